The predicted octanol–water partition coefficient (Wildman–Crippen LogP) is 1.94. The van der Waals surface area contributed by atoms with Crippen LogP contribution in [-0.4, -0.2) is 34.5 Å². The zero-order valence-corrected chi connectivity index (χ0v) is 11.1. The second-order valence-electron chi connectivity index (χ2n) is 5.05. The van der Waals surface area contributed by atoms with Gasteiger partial charge in [0.2, 0.25) is 5.91 Å². The molecule has 19 heavy (non-hydrogen) atoms. The van der Waals surface area contributed by atoms with Crippen LogP contribution in [-0.2, 0) is 16.0 Å². The molecular weight excluding hydrogens is 242 g/mol. The van der Waals surface area contributed by atoms with Crippen molar-refractivity contribution in [1.82, 2.24) is 4.90 Å². The Kier molecular flexibility index (Phi) is 4.20. The average Bonchev–Trinajstić information content (AvgIpc) is 2.79. The molecule has 0 aliphatic carbocycles. The lowest BCUT2D eigenvalue weighted by molar-refractivity contribution is -0.143. The van der Waals surface area contributed by atoms with Gasteiger partial charge in [0.15, 0.2) is 0 Å². The molecule has 1 heterocycles. The van der Waals surface area contributed by atoms with Crippen molar-refractivity contribution in [1.29, 1.82) is 0 Å². The monoisotopic (exact) mass is 261 g/mol. The maximum Gasteiger partial charge on any atom is 0.308 e. The van der Waals surface area contributed by atoms with Crippen LogP contribution in [0.25, 0.3) is 0 Å². The number of aliphatic carboxylic acids is 1. The SMILES string of the molecule is CC1C(C(=O)O)CCN1C(=O)CCc1ccccc1. The fraction of sp³-hybridized carbons (Fsp3) is 0.467. The largest absolute Gasteiger partial charge is 0.481 e. The lowest BCUT2D eigenvalue weighted by Crippen LogP contribution is -2.37. The van der Waals surface area contributed by atoms with Crippen molar-refractivity contribution in [3.8, 4) is 0 Å². The summed E-state index contributed by atoms with van der Waals surface area (Å²) in [5, 5.41) is 9.05. The molecule has 1 N–H and O–H groups in total. The summed E-state index contributed by atoms with van der Waals surface area (Å²) >= 11 is 0. The maximum atomic E-state index is 12.1. The first-order chi connectivity index (χ1) is 9.09. The standard InChI is InChI=1S/C15H19NO3/c1-11-13(15(18)19)9-10-16(11)14(17)8-7-12-5-3-2-4-6-12/h2-6,11,13H,7-10H2,1H3,(H,18,19). The highest BCUT2D eigenvalue weighted by Gasteiger charge is 2.37. The summed E-state index contributed by atoms with van der Waals surface area (Å²) in [6, 6.07) is 9.67. The predicted molar refractivity (Wildman–Crippen MR) is 71.7 cm³/mol. The van der Waals surface area contributed by atoms with Gasteiger partial charge in [-0.15, -0.1) is 0 Å². The van der Waals surface area contributed by atoms with Crippen molar-refractivity contribution in [3.05, 3.63) is 35.9 Å². The number of amides is 1. The summed E-state index contributed by atoms with van der Waals surface area (Å²) < 4.78 is 0. The highest BCUT2D eigenvalue weighted by Crippen LogP contribution is 2.25. The number of carbonyl (C=O) groups excluding carboxylic acids is 1. The van der Waals surface area contributed by atoms with Gasteiger partial charge in [0, 0.05) is 19.0 Å². The highest BCUT2D eigenvalue weighted by molar-refractivity contribution is 5.79. The molecular formula is C15H19NO3. The second kappa shape index (κ2) is 5.87. The minimum atomic E-state index is -0.800. The Hall–Kier alpha value is -1.84. The van der Waals surface area contributed by atoms with Crippen molar-refractivity contribution < 1.29 is 14.7 Å². The third kappa shape index (κ3) is 3.13. The van der Waals surface area contributed by atoms with Crippen LogP contribution in [0, 0.1) is 5.92 Å². The molecule has 1 fully saturated rings. The normalized spacial score (nSPS) is 22.5. The van der Waals surface area contributed by atoms with Crippen LogP contribution < -0.4 is 0 Å². The van der Waals surface area contributed by atoms with Crippen molar-refractivity contribution in [3.63, 3.8) is 0 Å². The summed E-state index contributed by atoms with van der Waals surface area (Å²) in [5.74, 6) is -1.16. The van der Waals surface area contributed by atoms with Crippen LogP contribution in [0.4, 0.5) is 0 Å². The van der Waals surface area contributed by atoms with Gasteiger partial charge in [-0.25, -0.2) is 0 Å². The Morgan fingerprint density at radius 1 is 1.32 bits per heavy atom. The van der Waals surface area contributed by atoms with E-state index in [0.29, 0.717) is 25.8 Å². The summed E-state index contributed by atoms with van der Waals surface area (Å²) in [4.78, 5) is 24.9. The van der Waals surface area contributed by atoms with Crippen LogP contribution >= 0.6 is 0 Å². The molecule has 2 atom stereocenters. The van der Waals surface area contributed by atoms with E-state index in [4.69, 9.17) is 5.11 Å². The molecule has 0 saturated carbocycles. The molecule has 102 valence electrons. The summed E-state index contributed by atoms with van der Waals surface area (Å²) in [5.41, 5.74) is 1.14. The summed E-state index contributed by atoms with van der Waals surface area (Å²) in [6.45, 7) is 2.39. The Morgan fingerprint density at radius 3 is 2.58 bits per heavy atom. The Bertz CT molecular complexity index is 458. The molecule has 0 aromatic heterocycles. The molecule has 1 aliphatic heterocycles. The van der Waals surface area contributed by atoms with E-state index in [0.717, 1.165) is 5.56 Å². The number of rotatable bonds is 4. The molecule has 4 heteroatoms. The topological polar surface area (TPSA) is 57.6 Å². The number of likely N-dealkylation sites (tertiary alicyclic amines) is 1. The average molecular weight is 261 g/mol. The number of carboxylic acids is 1. The highest BCUT2D eigenvalue weighted by atomic mass is 16.4. The zero-order chi connectivity index (χ0) is 13.8. The summed E-state index contributed by atoms with van der Waals surface area (Å²) in [6.07, 6.45) is 1.72. The quantitative estimate of drug-likeness (QED) is 0.901. The molecule has 2 rings (SSSR count). The van der Waals surface area contributed by atoms with Gasteiger partial charge in [0.1, 0.15) is 0 Å². The molecule has 1 aromatic rings. The first-order valence-corrected chi connectivity index (χ1v) is 6.66. The van der Waals surface area contributed by atoms with Crippen LogP contribution in [0.5, 0.6) is 0 Å². The minimum Gasteiger partial charge on any atom is -0.481 e. The van der Waals surface area contributed by atoms with E-state index >= 15 is 0 Å². The van der Waals surface area contributed by atoms with Crippen molar-refractivity contribution in [2.24, 2.45) is 5.92 Å². The fourth-order valence-corrected chi connectivity index (χ4v) is 2.66. The minimum absolute atomic E-state index is 0.0557. The molecule has 0 bridgehead atoms. The van der Waals surface area contributed by atoms with Crippen LogP contribution in [0.1, 0.15) is 25.3 Å². The second-order valence-corrected chi connectivity index (χ2v) is 5.05. The van der Waals surface area contributed by atoms with Crippen LogP contribution in [0.3, 0.4) is 0 Å². The molecule has 1 aromatic carbocycles. The van der Waals surface area contributed by atoms with Gasteiger partial charge in [0.05, 0.1) is 5.92 Å². The Labute approximate surface area is 113 Å². The third-order valence-electron chi connectivity index (χ3n) is 3.86. The number of aryl methyl sites for hydroxylation is 1. The van der Waals surface area contributed by atoms with Gasteiger partial charge in [-0.3, -0.25) is 9.59 Å². The van der Waals surface area contributed by atoms with Crippen molar-refractivity contribution in [2.75, 3.05) is 6.54 Å². The van der Waals surface area contributed by atoms with Crippen LogP contribution in [0.2, 0.25) is 0 Å². The van der Waals surface area contributed by atoms with E-state index in [1.807, 2.05) is 37.3 Å². The third-order valence-corrected chi connectivity index (χ3v) is 3.86. The van der Waals surface area contributed by atoms with E-state index in [9.17, 15) is 9.59 Å². The van der Waals surface area contributed by atoms with E-state index in [-0.39, 0.29) is 11.9 Å². The molecule has 4 nitrogen and oxygen atoms in total. The van der Waals surface area contributed by atoms with E-state index < -0.39 is 11.9 Å². The zero-order valence-electron chi connectivity index (χ0n) is 11.1. The van der Waals surface area contributed by atoms with Gasteiger partial charge in [0.25, 0.3) is 0 Å². The number of carbonyl (C=O) groups is 2. The lowest BCUT2D eigenvalue weighted by Gasteiger charge is -2.23. The van der Waals surface area contributed by atoms with Gasteiger partial charge < -0.3 is 10.0 Å². The van der Waals surface area contributed by atoms with Gasteiger partial charge >= 0.3 is 5.97 Å². The maximum absolute atomic E-state index is 12.1. The molecule has 1 saturated heterocycles. The molecule has 0 spiro atoms. The fourth-order valence-electron chi connectivity index (χ4n) is 2.66. The van der Waals surface area contributed by atoms with Gasteiger partial charge in [-0.2, -0.15) is 0 Å². The first kappa shape index (κ1) is 13.6. The summed E-state index contributed by atoms with van der Waals surface area (Å²) in [7, 11) is 0. The van der Waals surface area contributed by atoms with Gasteiger partial charge in [-0.05, 0) is 25.3 Å². The number of nitrogens with zero attached hydrogens (tertiary/aromatic N) is 1. The molecule has 0 radical (unpaired) electrons. The van der Waals surface area contributed by atoms with E-state index in [1.165, 1.54) is 0 Å². The molecule has 1 amide bonds. The number of carboxylic acid groups (broad SMARTS) is 1. The van der Waals surface area contributed by atoms with Crippen LogP contribution in [0.15, 0.2) is 30.3 Å². The van der Waals surface area contributed by atoms with Gasteiger partial charge in [-0.1, -0.05) is 30.3 Å². The molecule has 1 aliphatic rings. The van der Waals surface area contributed by atoms with Crippen molar-refractivity contribution >= 4 is 11.9 Å². The van der Waals surface area contributed by atoms with E-state index in [2.05, 4.69) is 0 Å². The Morgan fingerprint density at radius 2 is 2.00 bits per heavy atom. The smallest absolute Gasteiger partial charge is 0.308 e. The number of hydrogen-bond acceptors (Lipinski definition) is 2. The first-order valence-electron chi connectivity index (χ1n) is 6.66. The van der Waals surface area contributed by atoms with Crippen molar-refractivity contribution in [2.45, 2.75) is 32.2 Å². The van der Waals surface area contributed by atoms with E-state index in [1.54, 1.807) is 4.90 Å². The lowest BCUT2D eigenvalue weighted by atomic mass is 10.0. The molecule has 2 unspecified atom stereocenters. The number of hydrogen-bond donors (Lipinski definition) is 1. The Balaban J connectivity index is 1.89. The number of benzene rings is 1.